The monoisotopic (exact) mass is 410 g/mol. The van der Waals surface area contributed by atoms with Gasteiger partial charge in [-0.05, 0) is 85.5 Å². The van der Waals surface area contributed by atoms with E-state index in [1.807, 2.05) is 60.7 Å². The van der Waals surface area contributed by atoms with E-state index in [4.69, 9.17) is 4.74 Å². The molecule has 0 aliphatic carbocycles. The van der Waals surface area contributed by atoms with Crippen molar-refractivity contribution in [1.29, 1.82) is 0 Å². The van der Waals surface area contributed by atoms with Gasteiger partial charge in [0, 0.05) is 17.6 Å². The van der Waals surface area contributed by atoms with Gasteiger partial charge in [-0.2, -0.15) is 4.98 Å². The van der Waals surface area contributed by atoms with Crippen LogP contribution in [0.5, 0.6) is 5.75 Å². The minimum absolute atomic E-state index is 0.531. The SMILES string of the molecule is Cc1cc(Nc2ccnc(Nc3ccc(OCc4ccccc4)cc3)n2)cc(C)c1C. The zero-order valence-corrected chi connectivity index (χ0v) is 18.0. The molecule has 5 nitrogen and oxygen atoms in total. The van der Waals surface area contributed by atoms with Crippen LogP contribution < -0.4 is 15.4 Å². The molecule has 31 heavy (non-hydrogen) atoms. The van der Waals surface area contributed by atoms with Gasteiger partial charge in [-0.15, -0.1) is 0 Å². The number of rotatable bonds is 7. The van der Waals surface area contributed by atoms with Crippen molar-refractivity contribution >= 4 is 23.1 Å². The number of aromatic nitrogens is 2. The summed E-state index contributed by atoms with van der Waals surface area (Å²) >= 11 is 0. The summed E-state index contributed by atoms with van der Waals surface area (Å²) in [5.41, 5.74) is 6.87. The van der Waals surface area contributed by atoms with E-state index >= 15 is 0 Å². The summed E-state index contributed by atoms with van der Waals surface area (Å²) < 4.78 is 5.84. The molecule has 4 aromatic rings. The number of ether oxygens (including phenoxy) is 1. The molecule has 5 heteroatoms. The van der Waals surface area contributed by atoms with Crippen LogP contribution in [0.15, 0.2) is 79.0 Å². The van der Waals surface area contributed by atoms with Crippen molar-refractivity contribution < 1.29 is 4.74 Å². The van der Waals surface area contributed by atoms with Crippen molar-refractivity contribution in [2.75, 3.05) is 10.6 Å². The van der Waals surface area contributed by atoms with Crippen LogP contribution in [0.1, 0.15) is 22.3 Å². The van der Waals surface area contributed by atoms with E-state index in [2.05, 4.69) is 53.5 Å². The predicted octanol–water partition coefficient (Wildman–Crippen LogP) is 6.47. The van der Waals surface area contributed by atoms with Gasteiger partial charge in [0.05, 0.1) is 0 Å². The van der Waals surface area contributed by atoms with Crippen LogP contribution in [-0.2, 0) is 6.61 Å². The molecule has 0 spiro atoms. The average Bonchev–Trinajstić information content (AvgIpc) is 2.78. The summed E-state index contributed by atoms with van der Waals surface area (Å²) in [5.74, 6) is 2.09. The highest BCUT2D eigenvalue weighted by Crippen LogP contribution is 2.23. The Labute approximate surface area is 183 Å². The van der Waals surface area contributed by atoms with E-state index in [-0.39, 0.29) is 0 Å². The Morgan fingerprint density at radius 3 is 2.19 bits per heavy atom. The maximum atomic E-state index is 5.84. The van der Waals surface area contributed by atoms with E-state index in [1.54, 1.807) is 6.20 Å². The minimum atomic E-state index is 0.531. The van der Waals surface area contributed by atoms with E-state index in [0.29, 0.717) is 12.6 Å². The molecule has 0 bridgehead atoms. The van der Waals surface area contributed by atoms with Crippen molar-refractivity contribution in [1.82, 2.24) is 9.97 Å². The van der Waals surface area contributed by atoms with Crippen molar-refractivity contribution in [3.8, 4) is 5.75 Å². The van der Waals surface area contributed by atoms with E-state index < -0.39 is 0 Å². The third-order valence-electron chi connectivity index (χ3n) is 5.21. The van der Waals surface area contributed by atoms with Gasteiger partial charge in [0.2, 0.25) is 5.95 Å². The largest absolute Gasteiger partial charge is 0.489 e. The summed E-state index contributed by atoms with van der Waals surface area (Å²) in [4.78, 5) is 8.91. The first-order valence-electron chi connectivity index (χ1n) is 10.3. The lowest BCUT2D eigenvalue weighted by atomic mass is 10.0. The highest BCUT2D eigenvalue weighted by molar-refractivity contribution is 5.62. The molecule has 0 fully saturated rings. The fraction of sp³-hybridized carbons (Fsp3) is 0.154. The van der Waals surface area contributed by atoms with Gasteiger partial charge < -0.3 is 15.4 Å². The van der Waals surface area contributed by atoms with Crippen LogP contribution in [0.4, 0.5) is 23.1 Å². The van der Waals surface area contributed by atoms with Gasteiger partial charge in [-0.1, -0.05) is 30.3 Å². The molecule has 0 aliphatic heterocycles. The number of anilines is 4. The van der Waals surface area contributed by atoms with Gasteiger partial charge >= 0.3 is 0 Å². The lowest BCUT2D eigenvalue weighted by molar-refractivity contribution is 0.306. The van der Waals surface area contributed by atoms with Gasteiger partial charge in [-0.25, -0.2) is 4.98 Å². The summed E-state index contributed by atoms with van der Waals surface area (Å²) in [6.45, 7) is 6.92. The molecule has 0 aliphatic rings. The van der Waals surface area contributed by atoms with Crippen molar-refractivity contribution in [3.63, 3.8) is 0 Å². The Kier molecular flexibility index (Phi) is 6.13. The molecule has 0 saturated heterocycles. The Bertz CT molecular complexity index is 1130. The standard InChI is InChI=1S/C26H26N4O/c1-18-15-23(16-19(2)20(18)3)28-25-13-14-27-26(30-25)29-22-9-11-24(12-10-22)31-17-21-7-5-4-6-8-21/h4-16H,17H2,1-3H3,(H2,27,28,29,30). The van der Waals surface area contributed by atoms with Crippen molar-refractivity contribution in [2.24, 2.45) is 0 Å². The second-order valence-electron chi connectivity index (χ2n) is 7.55. The van der Waals surface area contributed by atoms with Gasteiger partial charge in [0.25, 0.3) is 0 Å². The summed E-state index contributed by atoms with van der Waals surface area (Å²) in [6, 6.07) is 24.0. The fourth-order valence-corrected chi connectivity index (χ4v) is 3.25. The van der Waals surface area contributed by atoms with Gasteiger partial charge in [0.15, 0.2) is 0 Å². The number of nitrogens with one attached hydrogen (secondary N) is 2. The predicted molar refractivity (Wildman–Crippen MR) is 126 cm³/mol. The molecule has 4 rings (SSSR count). The second kappa shape index (κ2) is 9.30. The summed E-state index contributed by atoms with van der Waals surface area (Å²) in [7, 11) is 0. The zero-order valence-electron chi connectivity index (χ0n) is 18.0. The van der Waals surface area contributed by atoms with Crippen LogP contribution in [-0.4, -0.2) is 9.97 Å². The van der Waals surface area contributed by atoms with Crippen molar-refractivity contribution in [2.45, 2.75) is 27.4 Å². The normalized spacial score (nSPS) is 10.5. The number of hydrogen-bond acceptors (Lipinski definition) is 5. The Balaban J connectivity index is 1.39. The molecule has 0 atom stereocenters. The highest BCUT2D eigenvalue weighted by atomic mass is 16.5. The lowest BCUT2D eigenvalue weighted by Gasteiger charge is -2.12. The molecule has 0 saturated carbocycles. The molecule has 156 valence electrons. The number of aryl methyl sites for hydroxylation is 2. The average molecular weight is 411 g/mol. The number of nitrogens with zero attached hydrogens (tertiary/aromatic N) is 2. The molecule has 1 heterocycles. The Morgan fingerprint density at radius 2 is 1.48 bits per heavy atom. The first kappa shape index (κ1) is 20.4. The van der Waals surface area contributed by atoms with E-state index in [0.717, 1.165) is 28.5 Å². The van der Waals surface area contributed by atoms with Crippen LogP contribution in [0, 0.1) is 20.8 Å². The third kappa shape index (κ3) is 5.39. The Morgan fingerprint density at radius 1 is 0.774 bits per heavy atom. The fourth-order valence-electron chi connectivity index (χ4n) is 3.25. The quantitative estimate of drug-likeness (QED) is 0.366. The van der Waals surface area contributed by atoms with Gasteiger partial charge in [-0.3, -0.25) is 0 Å². The molecule has 3 aromatic carbocycles. The van der Waals surface area contributed by atoms with Crippen LogP contribution in [0.2, 0.25) is 0 Å². The third-order valence-corrected chi connectivity index (χ3v) is 5.21. The van der Waals surface area contributed by atoms with Gasteiger partial charge in [0.1, 0.15) is 18.2 Å². The molecule has 2 N–H and O–H groups in total. The minimum Gasteiger partial charge on any atom is -0.489 e. The summed E-state index contributed by atoms with van der Waals surface area (Å²) in [5, 5.41) is 6.61. The van der Waals surface area contributed by atoms with Crippen LogP contribution in [0.25, 0.3) is 0 Å². The van der Waals surface area contributed by atoms with E-state index in [1.165, 1.54) is 16.7 Å². The van der Waals surface area contributed by atoms with E-state index in [9.17, 15) is 0 Å². The maximum Gasteiger partial charge on any atom is 0.229 e. The first-order valence-corrected chi connectivity index (χ1v) is 10.3. The lowest BCUT2D eigenvalue weighted by Crippen LogP contribution is -2.01. The molecular weight excluding hydrogens is 384 g/mol. The molecule has 0 radical (unpaired) electrons. The topological polar surface area (TPSA) is 59.1 Å². The Hall–Kier alpha value is -3.86. The molecular formula is C26H26N4O. The number of benzene rings is 3. The summed E-state index contributed by atoms with van der Waals surface area (Å²) in [6.07, 6.45) is 1.74. The molecule has 0 unspecified atom stereocenters. The van der Waals surface area contributed by atoms with Crippen LogP contribution >= 0.6 is 0 Å². The first-order chi connectivity index (χ1) is 15.1. The molecule has 1 aromatic heterocycles. The van der Waals surface area contributed by atoms with Crippen molar-refractivity contribution in [3.05, 3.63) is 101 Å². The number of hydrogen-bond donors (Lipinski definition) is 2. The maximum absolute atomic E-state index is 5.84. The highest BCUT2D eigenvalue weighted by Gasteiger charge is 2.05. The zero-order chi connectivity index (χ0) is 21.6. The molecule has 0 amide bonds. The smallest absolute Gasteiger partial charge is 0.229 e. The second-order valence-corrected chi connectivity index (χ2v) is 7.55. The van der Waals surface area contributed by atoms with Crippen LogP contribution in [0.3, 0.4) is 0 Å².